The van der Waals surface area contributed by atoms with Crippen molar-refractivity contribution in [2.24, 2.45) is 0 Å². The summed E-state index contributed by atoms with van der Waals surface area (Å²) < 4.78 is 5.59. The van der Waals surface area contributed by atoms with Gasteiger partial charge in [0.15, 0.2) is 5.60 Å². The van der Waals surface area contributed by atoms with Gasteiger partial charge >= 0.3 is 0 Å². The molecule has 0 aliphatic heterocycles. The van der Waals surface area contributed by atoms with Crippen molar-refractivity contribution >= 4 is 5.91 Å². The summed E-state index contributed by atoms with van der Waals surface area (Å²) in [5, 5.41) is 20.4. The van der Waals surface area contributed by atoms with Gasteiger partial charge in [-0.1, -0.05) is 0 Å². The number of benzene rings is 1. The Bertz CT molecular complexity index is 472. The zero-order valence-electron chi connectivity index (χ0n) is 11.3. The van der Waals surface area contributed by atoms with Crippen LogP contribution in [-0.4, -0.2) is 29.3 Å². The van der Waals surface area contributed by atoms with E-state index < -0.39 is 11.7 Å². The van der Waals surface area contributed by atoms with E-state index in [2.05, 4.69) is 5.32 Å². The number of aliphatic hydroxyl groups is 1. The summed E-state index contributed by atoms with van der Waals surface area (Å²) in [5.41, 5.74) is -0.521. The molecule has 1 rings (SSSR count). The zero-order chi connectivity index (χ0) is 14.5. The second-order valence-corrected chi connectivity index (χ2v) is 4.81. The van der Waals surface area contributed by atoms with Crippen molar-refractivity contribution < 1.29 is 14.6 Å². The fraction of sp³-hybridized carbons (Fsp3) is 0.429. The van der Waals surface area contributed by atoms with Gasteiger partial charge < -0.3 is 15.2 Å². The maximum absolute atomic E-state index is 11.9. The number of hydrogen-bond donors (Lipinski definition) is 2. The smallest absolute Gasteiger partial charge is 0.263 e. The normalized spacial score (nSPS) is 12.4. The van der Waals surface area contributed by atoms with Gasteiger partial charge in [-0.15, -0.1) is 0 Å². The van der Waals surface area contributed by atoms with Crippen LogP contribution in [0.15, 0.2) is 24.3 Å². The van der Waals surface area contributed by atoms with Crippen LogP contribution in [0.5, 0.6) is 5.75 Å². The van der Waals surface area contributed by atoms with Gasteiger partial charge in [0.05, 0.1) is 17.7 Å². The first kappa shape index (κ1) is 15.0. The Kier molecular flexibility index (Phi) is 4.90. The Hall–Kier alpha value is -2.06. The molecule has 0 saturated heterocycles. The highest BCUT2D eigenvalue weighted by atomic mass is 16.5. The Morgan fingerprint density at radius 3 is 2.53 bits per heavy atom. The molecule has 1 amide bonds. The molecule has 0 heterocycles. The summed E-state index contributed by atoms with van der Waals surface area (Å²) in [4.78, 5) is 11.9. The number of nitriles is 1. The Morgan fingerprint density at radius 2 is 2.05 bits per heavy atom. The van der Waals surface area contributed by atoms with Crippen molar-refractivity contribution in [1.29, 1.82) is 5.26 Å². The number of nitrogens with one attached hydrogen (secondary N) is 1. The van der Waals surface area contributed by atoms with Crippen LogP contribution >= 0.6 is 0 Å². The largest absolute Gasteiger partial charge is 0.478 e. The molecule has 5 heteroatoms. The summed E-state index contributed by atoms with van der Waals surface area (Å²) in [6, 6.07) is 8.54. The van der Waals surface area contributed by atoms with E-state index in [0.717, 1.165) is 0 Å². The third kappa shape index (κ3) is 4.60. The van der Waals surface area contributed by atoms with Crippen molar-refractivity contribution in [3.63, 3.8) is 0 Å². The molecule has 1 aromatic rings. The third-order valence-corrected chi connectivity index (χ3v) is 2.46. The Morgan fingerprint density at radius 1 is 1.47 bits per heavy atom. The van der Waals surface area contributed by atoms with Crippen LogP contribution in [0.3, 0.4) is 0 Å². The molecule has 0 aromatic heterocycles. The second-order valence-electron chi connectivity index (χ2n) is 4.81. The quantitative estimate of drug-likeness (QED) is 0.835. The van der Waals surface area contributed by atoms with E-state index in [4.69, 9.17) is 15.1 Å². The number of amides is 1. The highest BCUT2D eigenvalue weighted by Gasteiger charge is 2.29. The van der Waals surface area contributed by atoms with Gasteiger partial charge in [0.2, 0.25) is 0 Å². The molecule has 1 unspecified atom stereocenters. The van der Waals surface area contributed by atoms with Crippen LogP contribution in [0.25, 0.3) is 0 Å². The van der Waals surface area contributed by atoms with Gasteiger partial charge in [-0.05, 0) is 45.0 Å². The molecule has 0 aliphatic rings. The minimum atomic E-state index is -1.05. The number of carbonyl (C=O) groups is 1. The Balaban J connectivity index is 2.67. The monoisotopic (exact) mass is 262 g/mol. The molecule has 0 spiro atoms. The topological polar surface area (TPSA) is 82.3 Å². The van der Waals surface area contributed by atoms with Crippen molar-refractivity contribution in [3.8, 4) is 11.8 Å². The molecule has 2 N–H and O–H groups in total. The maximum atomic E-state index is 11.9. The first-order valence-electron chi connectivity index (χ1n) is 6.00. The lowest BCUT2D eigenvalue weighted by molar-refractivity contribution is -0.134. The van der Waals surface area contributed by atoms with Crippen LogP contribution in [0.2, 0.25) is 0 Å². The highest BCUT2D eigenvalue weighted by Crippen LogP contribution is 2.19. The zero-order valence-corrected chi connectivity index (χ0v) is 11.3. The van der Waals surface area contributed by atoms with Gasteiger partial charge in [0.25, 0.3) is 5.91 Å². The number of aliphatic hydroxyl groups excluding tert-OH is 1. The van der Waals surface area contributed by atoms with E-state index in [9.17, 15) is 4.79 Å². The molecule has 0 bridgehead atoms. The number of ether oxygens (including phenoxy) is 1. The molecule has 1 atom stereocenters. The van der Waals surface area contributed by atoms with Crippen LogP contribution < -0.4 is 10.1 Å². The van der Waals surface area contributed by atoms with Gasteiger partial charge in [-0.3, -0.25) is 4.79 Å². The lowest BCUT2D eigenvalue weighted by Gasteiger charge is -2.25. The lowest BCUT2D eigenvalue weighted by Crippen LogP contribution is -2.48. The van der Waals surface area contributed by atoms with Crippen molar-refractivity contribution in [2.45, 2.75) is 32.5 Å². The van der Waals surface area contributed by atoms with E-state index in [1.54, 1.807) is 45.0 Å². The van der Waals surface area contributed by atoms with E-state index in [-0.39, 0.29) is 12.5 Å². The van der Waals surface area contributed by atoms with Gasteiger partial charge in [-0.2, -0.15) is 5.26 Å². The summed E-state index contributed by atoms with van der Waals surface area (Å²) in [6.45, 7) is 5.05. The van der Waals surface area contributed by atoms with E-state index in [1.807, 2.05) is 6.07 Å². The minimum Gasteiger partial charge on any atom is -0.478 e. The van der Waals surface area contributed by atoms with Crippen LogP contribution in [0.4, 0.5) is 0 Å². The van der Waals surface area contributed by atoms with Crippen LogP contribution in [-0.2, 0) is 4.79 Å². The molecular formula is C14H18N2O3. The number of hydrogen-bond acceptors (Lipinski definition) is 4. The number of nitrogens with zero attached hydrogens (tertiary/aromatic N) is 1. The van der Waals surface area contributed by atoms with Crippen molar-refractivity contribution in [3.05, 3.63) is 29.8 Å². The molecule has 0 radical (unpaired) electrons. The molecule has 5 nitrogen and oxygen atoms in total. The van der Waals surface area contributed by atoms with E-state index in [0.29, 0.717) is 11.3 Å². The minimum absolute atomic E-state index is 0.180. The van der Waals surface area contributed by atoms with Crippen LogP contribution in [0, 0.1) is 11.3 Å². The second kappa shape index (κ2) is 6.21. The fourth-order valence-electron chi connectivity index (χ4n) is 1.39. The summed E-state index contributed by atoms with van der Waals surface area (Å²) in [6.07, 6.45) is -0.602. The number of carbonyl (C=O) groups excluding carboxylic acids is 1. The van der Waals surface area contributed by atoms with E-state index in [1.165, 1.54) is 0 Å². The summed E-state index contributed by atoms with van der Waals surface area (Å²) >= 11 is 0. The first-order chi connectivity index (χ1) is 8.85. The predicted molar refractivity (Wildman–Crippen MR) is 70.6 cm³/mol. The molecule has 1 aromatic carbocycles. The highest BCUT2D eigenvalue weighted by molar-refractivity contribution is 5.84. The molecule has 0 fully saturated rings. The SMILES string of the molecule is CC(O)CNC(=O)C(C)(C)Oc1ccc(C#N)cc1. The summed E-state index contributed by atoms with van der Waals surface area (Å²) in [7, 11) is 0. The standard InChI is InChI=1S/C14H18N2O3/c1-10(17)9-16-13(18)14(2,3)19-12-6-4-11(8-15)5-7-12/h4-7,10,17H,9H2,1-3H3,(H,16,18). The van der Waals surface area contributed by atoms with Crippen molar-refractivity contribution in [2.75, 3.05) is 6.54 Å². The number of rotatable bonds is 5. The molecule has 102 valence electrons. The molecule has 19 heavy (non-hydrogen) atoms. The Labute approximate surface area is 112 Å². The predicted octanol–water partition coefficient (Wildman–Crippen LogP) is 1.21. The van der Waals surface area contributed by atoms with Gasteiger partial charge in [0, 0.05) is 6.54 Å². The first-order valence-corrected chi connectivity index (χ1v) is 6.00. The third-order valence-electron chi connectivity index (χ3n) is 2.46. The molecule has 0 saturated carbocycles. The van der Waals surface area contributed by atoms with Crippen molar-refractivity contribution in [1.82, 2.24) is 5.32 Å². The molecule has 0 aliphatic carbocycles. The van der Waals surface area contributed by atoms with E-state index >= 15 is 0 Å². The average molecular weight is 262 g/mol. The van der Waals surface area contributed by atoms with Crippen LogP contribution in [0.1, 0.15) is 26.3 Å². The molecular weight excluding hydrogens is 244 g/mol. The van der Waals surface area contributed by atoms with Gasteiger partial charge in [0.1, 0.15) is 5.75 Å². The average Bonchev–Trinajstić information content (AvgIpc) is 2.36. The summed E-state index contributed by atoms with van der Waals surface area (Å²) in [5.74, 6) is 0.203. The maximum Gasteiger partial charge on any atom is 0.263 e. The lowest BCUT2D eigenvalue weighted by atomic mass is 10.1. The van der Waals surface area contributed by atoms with Gasteiger partial charge in [-0.25, -0.2) is 0 Å². The fourth-order valence-corrected chi connectivity index (χ4v) is 1.39.